The molecule has 40 heavy (non-hydrogen) atoms. The van der Waals surface area contributed by atoms with Crippen molar-refractivity contribution in [2.75, 3.05) is 23.3 Å². The molecule has 2 fully saturated rings. The van der Waals surface area contributed by atoms with E-state index in [0.717, 1.165) is 42.7 Å². The molecule has 0 spiro atoms. The summed E-state index contributed by atoms with van der Waals surface area (Å²) in [5.41, 5.74) is 5.38. The Bertz CT molecular complexity index is 1460. The molecule has 3 aliphatic heterocycles. The van der Waals surface area contributed by atoms with Crippen molar-refractivity contribution in [1.82, 2.24) is 10.2 Å². The summed E-state index contributed by atoms with van der Waals surface area (Å²) in [6.07, 6.45) is 2.99. The summed E-state index contributed by atoms with van der Waals surface area (Å²) in [4.78, 5) is 53.5. The smallest absolute Gasteiger partial charge is 0.255 e. The van der Waals surface area contributed by atoms with Gasteiger partial charge in [-0.05, 0) is 72.2 Å². The number of hydrogen-bond acceptors (Lipinski definition) is 5. The molecule has 1 atom stereocenters. The second-order valence-electron chi connectivity index (χ2n) is 10.8. The zero-order valence-electron chi connectivity index (χ0n) is 22.3. The Labute approximate surface area is 233 Å². The van der Waals surface area contributed by atoms with E-state index in [1.807, 2.05) is 12.1 Å². The Kier molecular flexibility index (Phi) is 7.07. The molecule has 3 heterocycles. The number of carbonyl (C=O) groups is 4. The molecule has 0 radical (unpaired) electrons. The normalized spacial score (nSPS) is 19.4. The first-order valence-corrected chi connectivity index (χ1v) is 13.9. The highest BCUT2D eigenvalue weighted by Gasteiger charge is 2.39. The van der Waals surface area contributed by atoms with Crippen LogP contribution in [0.25, 0.3) is 0 Å². The van der Waals surface area contributed by atoms with Crippen molar-refractivity contribution in [2.24, 2.45) is 0 Å². The number of imide groups is 1. The number of rotatable bonds is 6. The highest BCUT2D eigenvalue weighted by molar-refractivity contribution is 6.05. The van der Waals surface area contributed by atoms with Crippen molar-refractivity contribution < 1.29 is 19.2 Å². The minimum Gasteiger partial charge on any atom is -0.371 e. The molecule has 6 rings (SSSR count). The molecule has 0 aromatic heterocycles. The fourth-order valence-electron chi connectivity index (χ4n) is 6.10. The Morgan fingerprint density at radius 3 is 2.48 bits per heavy atom. The maximum absolute atomic E-state index is 12.9. The van der Waals surface area contributed by atoms with Crippen LogP contribution < -0.4 is 15.5 Å². The molecular formula is C32H32N4O4. The second-order valence-corrected chi connectivity index (χ2v) is 10.8. The standard InChI is InChI=1S/C32H32N4O4/c37-29-12-11-28(31(39)34-29)36-20-24-19-25(9-10-27(24)32(36)40)33-30(38)18-21-5-4-8-26(17-21)35-15-13-23(14-16-35)22-6-2-1-3-7-22/h1-10,17,19,23,28H,11-16,18,20H2,(H,33,38)(H,34,37,39). The molecule has 4 amide bonds. The van der Waals surface area contributed by atoms with Gasteiger partial charge in [0.15, 0.2) is 0 Å². The van der Waals surface area contributed by atoms with E-state index in [1.54, 1.807) is 18.2 Å². The van der Waals surface area contributed by atoms with Crippen LogP contribution in [0.1, 0.15) is 58.6 Å². The summed E-state index contributed by atoms with van der Waals surface area (Å²) in [5, 5.41) is 5.28. The van der Waals surface area contributed by atoms with Crippen LogP contribution in [0.3, 0.4) is 0 Å². The van der Waals surface area contributed by atoms with E-state index in [-0.39, 0.29) is 37.1 Å². The molecule has 3 aromatic carbocycles. The van der Waals surface area contributed by atoms with Gasteiger partial charge in [-0.3, -0.25) is 24.5 Å². The van der Waals surface area contributed by atoms with Gasteiger partial charge >= 0.3 is 0 Å². The first-order chi connectivity index (χ1) is 19.4. The quantitative estimate of drug-likeness (QED) is 0.464. The van der Waals surface area contributed by atoms with Gasteiger partial charge in [0.2, 0.25) is 17.7 Å². The molecule has 2 N–H and O–H groups in total. The largest absolute Gasteiger partial charge is 0.371 e. The summed E-state index contributed by atoms with van der Waals surface area (Å²) in [6.45, 7) is 2.24. The van der Waals surface area contributed by atoms with Crippen LogP contribution in [0.2, 0.25) is 0 Å². The topological polar surface area (TPSA) is 98.8 Å². The number of fused-ring (bicyclic) bond motifs is 1. The molecule has 3 aromatic rings. The van der Waals surface area contributed by atoms with Crippen LogP contribution >= 0.6 is 0 Å². The van der Waals surface area contributed by atoms with Crippen molar-refractivity contribution in [2.45, 2.75) is 50.6 Å². The maximum atomic E-state index is 12.9. The van der Waals surface area contributed by atoms with E-state index in [4.69, 9.17) is 0 Å². The van der Waals surface area contributed by atoms with Gasteiger partial charge in [-0.2, -0.15) is 0 Å². The van der Waals surface area contributed by atoms with E-state index >= 15 is 0 Å². The van der Waals surface area contributed by atoms with Crippen LogP contribution in [0.4, 0.5) is 11.4 Å². The minimum absolute atomic E-state index is 0.133. The molecule has 8 heteroatoms. The van der Waals surface area contributed by atoms with Crippen LogP contribution in [-0.2, 0) is 27.3 Å². The third kappa shape index (κ3) is 5.34. The fraction of sp³-hybridized carbons (Fsp3) is 0.312. The lowest BCUT2D eigenvalue weighted by molar-refractivity contribution is -0.137. The number of anilines is 2. The summed E-state index contributed by atoms with van der Waals surface area (Å²) in [5.74, 6) is -0.523. The SMILES string of the molecule is O=C1CCC(N2Cc3cc(NC(=O)Cc4cccc(N5CCC(c6ccccc6)CC5)c4)ccc3C2=O)C(=O)N1. The number of carbonyl (C=O) groups excluding carboxylic acids is 4. The first kappa shape index (κ1) is 25.8. The molecule has 0 aliphatic carbocycles. The van der Waals surface area contributed by atoms with Gasteiger partial charge in [-0.1, -0.05) is 42.5 Å². The van der Waals surface area contributed by atoms with Crippen LogP contribution in [-0.4, -0.2) is 47.7 Å². The molecule has 0 bridgehead atoms. The van der Waals surface area contributed by atoms with Gasteiger partial charge in [0.1, 0.15) is 6.04 Å². The fourth-order valence-corrected chi connectivity index (χ4v) is 6.10. The van der Waals surface area contributed by atoms with Gasteiger partial charge in [0.25, 0.3) is 5.91 Å². The first-order valence-electron chi connectivity index (χ1n) is 13.9. The number of benzene rings is 3. The van der Waals surface area contributed by atoms with E-state index in [9.17, 15) is 19.2 Å². The Hall–Kier alpha value is -4.46. The van der Waals surface area contributed by atoms with Crippen LogP contribution in [0, 0.1) is 0 Å². The summed E-state index contributed by atoms with van der Waals surface area (Å²) >= 11 is 0. The third-order valence-electron chi connectivity index (χ3n) is 8.21. The number of piperidine rings is 2. The minimum atomic E-state index is -0.660. The van der Waals surface area contributed by atoms with Gasteiger partial charge in [0.05, 0.1) is 6.42 Å². The van der Waals surface area contributed by atoms with Crippen LogP contribution in [0.15, 0.2) is 72.8 Å². The van der Waals surface area contributed by atoms with Gasteiger partial charge in [0, 0.05) is 43.0 Å². The molecule has 0 saturated carbocycles. The summed E-state index contributed by atoms with van der Waals surface area (Å²) in [7, 11) is 0. The number of nitrogens with zero attached hydrogens (tertiary/aromatic N) is 2. The van der Waals surface area contributed by atoms with Crippen molar-refractivity contribution in [3.63, 3.8) is 0 Å². The van der Waals surface area contributed by atoms with Crippen LogP contribution in [0.5, 0.6) is 0 Å². The molecule has 3 aliphatic rings. The lowest BCUT2D eigenvalue weighted by Gasteiger charge is -2.34. The predicted molar refractivity (Wildman–Crippen MR) is 152 cm³/mol. The Morgan fingerprint density at radius 2 is 1.70 bits per heavy atom. The third-order valence-corrected chi connectivity index (χ3v) is 8.21. The lowest BCUT2D eigenvalue weighted by atomic mass is 9.89. The lowest BCUT2D eigenvalue weighted by Crippen LogP contribution is -2.52. The number of nitrogens with one attached hydrogen (secondary N) is 2. The number of amides is 4. The number of hydrogen-bond donors (Lipinski definition) is 2. The predicted octanol–water partition coefficient (Wildman–Crippen LogP) is 4.01. The summed E-state index contributed by atoms with van der Waals surface area (Å²) < 4.78 is 0. The average Bonchev–Trinajstić information content (AvgIpc) is 3.28. The summed E-state index contributed by atoms with van der Waals surface area (Å²) in [6, 6.07) is 23.4. The zero-order valence-corrected chi connectivity index (χ0v) is 22.3. The van der Waals surface area contributed by atoms with Crippen molar-refractivity contribution in [1.29, 1.82) is 0 Å². The monoisotopic (exact) mass is 536 g/mol. The molecular weight excluding hydrogens is 504 g/mol. The van der Waals surface area contributed by atoms with Crippen molar-refractivity contribution in [3.05, 3.63) is 95.1 Å². The maximum Gasteiger partial charge on any atom is 0.255 e. The van der Waals surface area contributed by atoms with E-state index in [0.29, 0.717) is 23.6 Å². The highest BCUT2D eigenvalue weighted by atomic mass is 16.2. The van der Waals surface area contributed by atoms with Gasteiger partial charge in [-0.25, -0.2) is 0 Å². The van der Waals surface area contributed by atoms with Crippen molar-refractivity contribution >= 4 is 35.0 Å². The van der Waals surface area contributed by atoms with Gasteiger partial charge in [-0.15, -0.1) is 0 Å². The highest BCUT2D eigenvalue weighted by Crippen LogP contribution is 2.31. The molecule has 204 valence electrons. The van der Waals surface area contributed by atoms with E-state index < -0.39 is 11.9 Å². The van der Waals surface area contributed by atoms with Gasteiger partial charge < -0.3 is 15.1 Å². The Morgan fingerprint density at radius 1 is 0.900 bits per heavy atom. The van der Waals surface area contributed by atoms with E-state index in [1.165, 1.54) is 10.5 Å². The van der Waals surface area contributed by atoms with Crippen molar-refractivity contribution in [3.8, 4) is 0 Å². The second kappa shape index (κ2) is 11.0. The average molecular weight is 537 g/mol. The Balaban J connectivity index is 1.06. The molecule has 8 nitrogen and oxygen atoms in total. The molecule has 2 saturated heterocycles. The zero-order chi connectivity index (χ0) is 27.6. The molecule has 1 unspecified atom stereocenters. The van der Waals surface area contributed by atoms with E-state index in [2.05, 4.69) is 58.0 Å².